The maximum atomic E-state index is 11.5. The first kappa shape index (κ1) is 13.4. The Morgan fingerprint density at radius 1 is 1.10 bits per heavy atom. The van der Waals surface area contributed by atoms with Crippen molar-refractivity contribution in [3.8, 4) is 5.69 Å². The minimum atomic E-state index is -0.931. The Bertz CT molecular complexity index is 863. The van der Waals surface area contributed by atoms with E-state index in [2.05, 4.69) is 4.98 Å². The number of aromatic carboxylic acids is 1. The van der Waals surface area contributed by atoms with Crippen LogP contribution >= 0.6 is 0 Å². The number of rotatable bonds is 2. The first-order valence-electron chi connectivity index (χ1n) is 6.76. The zero-order chi connectivity index (χ0) is 15.1. The molecule has 0 amide bonds. The summed E-state index contributed by atoms with van der Waals surface area (Å²) in [5.74, 6) is -0.931. The summed E-state index contributed by atoms with van der Waals surface area (Å²) < 4.78 is 1.84. The van der Waals surface area contributed by atoms with Gasteiger partial charge in [-0.05, 0) is 56.2 Å². The molecule has 0 spiro atoms. The first-order chi connectivity index (χ1) is 9.97. The van der Waals surface area contributed by atoms with Crippen LogP contribution in [0.4, 0.5) is 0 Å². The summed E-state index contributed by atoms with van der Waals surface area (Å²) in [6, 6.07) is 9.49. The lowest BCUT2D eigenvalue weighted by Gasteiger charge is -2.10. The van der Waals surface area contributed by atoms with Crippen LogP contribution in [0, 0.1) is 20.8 Å². The normalized spacial score (nSPS) is 11.0. The Morgan fingerprint density at radius 3 is 2.52 bits per heavy atom. The molecule has 0 saturated carbocycles. The average molecular weight is 280 g/mol. The molecule has 0 radical (unpaired) electrons. The lowest BCUT2D eigenvalue weighted by molar-refractivity contribution is 0.0697. The monoisotopic (exact) mass is 280 g/mol. The molecule has 2 aromatic carbocycles. The summed E-state index contributed by atoms with van der Waals surface area (Å²) in [4.78, 5) is 15.9. The number of benzene rings is 2. The summed E-state index contributed by atoms with van der Waals surface area (Å²) in [5, 5.41) is 9.43. The molecular weight excluding hydrogens is 264 g/mol. The summed E-state index contributed by atoms with van der Waals surface area (Å²) in [7, 11) is 0. The van der Waals surface area contributed by atoms with Crippen molar-refractivity contribution in [3.05, 3.63) is 58.9 Å². The van der Waals surface area contributed by atoms with E-state index >= 15 is 0 Å². The fourth-order valence-corrected chi connectivity index (χ4v) is 2.49. The molecule has 3 aromatic rings. The molecule has 21 heavy (non-hydrogen) atoms. The van der Waals surface area contributed by atoms with Crippen molar-refractivity contribution in [2.24, 2.45) is 0 Å². The van der Waals surface area contributed by atoms with Gasteiger partial charge in [0.05, 0.1) is 22.3 Å². The highest BCUT2D eigenvalue weighted by molar-refractivity contribution is 5.93. The standard InChI is InChI=1S/C17H16N2O2/c1-10-4-5-15(13(6-10)17(20)21)19-9-18-14-7-11(2)12(3)8-16(14)19/h4-9H,1-3H3,(H,20,21). The van der Waals surface area contributed by atoms with E-state index in [0.29, 0.717) is 5.69 Å². The van der Waals surface area contributed by atoms with Gasteiger partial charge in [0.25, 0.3) is 0 Å². The topological polar surface area (TPSA) is 55.1 Å². The number of nitrogens with zero attached hydrogens (tertiary/aromatic N) is 2. The molecule has 0 aliphatic carbocycles. The van der Waals surface area contributed by atoms with Gasteiger partial charge in [-0.15, -0.1) is 0 Å². The van der Waals surface area contributed by atoms with Crippen LogP contribution in [0.1, 0.15) is 27.0 Å². The fourth-order valence-electron chi connectivity index (χ4n) is 2.49. The zero-order valence-electron chi connectivity index (χ0n) is 12.2. The second-order valence-corrected chi connectivity index (χ2v) is 5.37. The van der Waals surface area contributed by atoms with Crippen molar-refractivity contribution in [1.82, 2.24) is 9.55 Å². The van der Waals surface area contributed by atoms with Gasteiger partial charge in [-0.2, -0.15) is 0 Å². The average Bonchev–Trinajstić information content (AvgIpc) is 2.82. The summed E-state index contributed by atoms with van der Waals surface area (Å²) in [6.45, 7) is 5.97. The molecule has 0 aliphatic rings. The zero-order valence-corrected chi connectivity index (χ0v) is 12.2. The first-order valence-corrected chi connectivity index (χ1v) is 6.76. The molecule has 0 bridgehead atoms. The number of hydrogen-bond acceptors (Lipinski definition) is 2. The number of carboxylic acids is 1. The Labute approximate surface area is 122 Å². The molecule has 0 atom stereocenters. The van der Waals surface area contributed by atoms with E-state index in [1.165, 1.54) is 5.56 Å². The number of aromatic nitrogens is 2. The molecule has 1 N–H and O–H groups in total. The quantitative estimate of drug-likeness (QED) is 0.779. The number of aryl methyl sites for hydroxylation is 3. The van der Waals surface area contributed by atoms with Gasteiger partial charge in [0.2, 0.25) is 0 Å². The molecule has 0 saturated heterocycles. The minimum Gasteiger partial charge on any atom is -0.478 e. The second-order valence-electron chi connectivity index (χ2n) is 5.37. The van der Waals surface area contributed by atoms with Crippen LogP contribution < -0.4 is 0 Å². The van der Waals surface area contributed by atoms with Gasteiger partial charge in [0.15, 0.2) is 0 Å². The van der Waals surface area contributed by atoms with Gasteiger partial charge in [0.1, 0.15) is 6.33 Å². The maximum absolute atomic E-state index is 11.5. The largest absolute Gasteiger partial charge is 0.478 e. The van der Waals surface area contributed by atoms with Gasteiger partial charge in [-0.3, -0.25) is 4.57 Å². The Hall–Kier alpha value is -2.62. The van der Waals surface area contributed by atoms with Crippen LogP contribution in [0.2, 0.25) is 0 Å². The van der Waals surface area contributed by atoms with Gasteiger partial charge >= 0.3 is 5.97 Å². The van der Waals surface area contributed by atoms with Crippen molar-refractivity contribution in [3.63, 3.8) is 0 Å². The summed E-state index contributed by atoms with van der Waals surface area (Å²) in [5.41, 5.74) is 5.97. The predicted octanol–water partition coefficient (Wildman–Crippen LogP) is 3.65. The molecule has 4 heteroatoms. The van der Waals surface area contributed by atoms with Crippen molar-refractivity contribution in [2.45, 2.75) is 20.8 Å². The molecular formula is C17H16N2O2. The Kier molecular flexibility index (Phi) is 3.01. The summed E-state index contributed by atoms with van der Waals surface area (Å²) >= 11 is 0. The molecule has 4 nitrogen and oxygen atoms in total. The minimum absolute atomic E-state index is 0.285. The highest BCUT2D eigenvalue weighted by atomic mass is 16.4. The smallest absolute Gasteiger partial charge is 0.337 e. The van der Waals surface area contributed by atoms with Crippen molar-refractivity contribution in [2.75, 3.05) is 0 Å². The lowest BCUT2D eigenvalue weighted by atomic mass is 10.1. The Balaban J connectivity index is 2.31. The van der Waals surface area contributed by atoms with Crippen LogP contribution in [0.15, 0.2) is 36.7 Å². The third kappa shape index (κ3) is 2.18. The number of carboxylic acid groups (broad SMARTS) is 1. The Morgan fingerprint density at radius 2 is 1.81 bits per heavy atom. The molecule has 1 heterocycles. The molecule has 1 aromatic heterocycles. The maximum Gasteiger partial charge on any atom is 0.337 e. The van der Waals surface area contributed by atoms with Gasteiger partial charge in [0, 0.05) is 0 Å². The van der Waals surface area contributed by atoms with Gasteiger partial charge in [-0.25, -0.2) is 9.78 Å². The van der Waals surface area contributed by atoms with E-state index < -0.39 is 5.97 Å². The number of carbonyl (C=O) groups is 1. The van der Waals surface area contributed by atoms with E-state index in [1.807, 2.05) is 49.6 Å². The molecule has 0 fully saturated rings. The number of imidazole rings is 1. The van der Waals surface area contributed by atoms with E-state index in [1.54, 1.807) is 12.4 Å². The predicted molar refractivity (Wildman–Crippen MR) is 82.2 cm³/mol. The van der Waals surface area contributed by atoms with Crippen LogP contribution in [0.5, 0.6) is 0 Å². The van der Waals surface area contributed by atoms with E-state index in [9.17, 15) is 9.90 Å². The van der Waals surface area contributed by atoms with Crippen LogP contribution in [0.25, 0.3) is 16.7 Å². The van der Waals surface area contributed by atoms with Crippen LogP contribution in [0.3, 0.4) is 0 Å². The number of fused-ring (bicyclic) bond motifs is 1. The van der Waals surface area contributed by atoms with Crippen molar-refractivity contribution in [1.29, 1.82) is 0 Å². The van der Waals surface area contributed by atoms with Crippen LogP contribution in [-0.2, 0) is 0 Å². The lowest BCUT2D eigenvalue weighted by Crippen LogP contribution is -2.05. The molecule has 106 valence electrons. The number of hydrogen-bond donors (Lipinski definition) is 1. The summed E-state index contributed by atoms with van der Waals surface area (Å²) in [6.07, 6.45) is 1.68. The molecule has 0 unspecified atom stereocenters. The third-order valence-corrected chi connectivity index (χ3v) is 3.80. The van der Waals surface area contributed by atoms with E-state index in [0.717, 1.165) is 22.2 Å². The fraction of sp³-hybridized carbons (Fsp3) is 0.176. The van der Waals surface area contributed by atoms with Crippen LogP contribution in [-0.4, -0.2) is 20.6 Å². The van der Waals surface area contributed by atoms with Gasteiger partial charge < -0.3 is 5.11 Å². The SMILES string of the molecule is Cc1ccc(-n2cnc3cc(C)c(C)cc32)c(C(=O)O)c1. The van der Waals surface area contributed by atoms with Crippen molar-refractivity contribution >= 4 is 17.0 Å². The molecule has 3 rings (SSSR count). The van der Waals surface area contributed by atoms with Gasteiger partial charge in [-0.1, -0.05) is 11.6 Å². The molecule has 0 aliphatic heterocycles. The second kappa shape index (κ2) is 4.74. The van der Waals surface area contributed by atoms with Crippen molar-refractivity contribution < 1.29 is 9.90 Å². The third-order valence-electron chi connectivity index (χ3n) is 3.80. The highest BCUT2D eigenvalue weighted by Crippen LogP contribution is 2.24. The van der Waals surface area contributed by atoms with E-state index in [4.69, 9.17) is 0 Å². The highest BCUT2D eigenvalue weighted by Gasteiger charge is 2.14. The van der Waals surface area contributed by atoms with E-state index in [-0.39, 0.29) is 5.56 Å².